The number of alkyl halides is 1. The second kappa shape index (κ2) is 5.57. The maximum Gasteiger partial charge on any atom is 0.350 e. The molecule has 1 aromatic heterocycles. The van der Waals surface area contributed by atoms with Crippen LogP contribution < -0.4 is 11.4 Å². The van der Waals surface area contributed by atoms with Gasteiger partial charge >= 0.3 is 11.4 Å². The first-order valence-corrected chi connectivity index (χ1v) is 6.20. The van der Waals surface area contributed by atoms with E-state index in [9.17, 15) is 24.2 Å². The van der Waals surface area contributed by atoms with Crippen molar-refractivity contribution in [3.8, 4) is 11.3 Å². The zero-order valence-electron chi connectivity index (χ0n) is 10.7. The van der Waals surface area contributed by atoms with Gasteiger partial charge in [-0.05, 0) is 24.4 Å². The minimum atomic E-state index is -2.76. The molecule has 1 aliphatic rings. The fourth-order valence-corrected chi connectivity index (χ4v) is 2.23. The van der Waals surface area contributed by atoms with Crippen LogP contribution in [0.4, 0.5) is 4.39 Å². The molecule has 114 valence electrons. The van der Waals surface area contributed by atoms with Gasteiger partial charge in [-0.2, -0.15) is 4.98 Å². The van der Waals surface area contributed by atoms with Gasteiger partial charge in [0.15, 0.2) is 6.23 Å². The molecule has 0 spiro atoms. The summed E-state index contributed by atoms with van der Waals surface area (Å²) in [5, 5.41) is 21.3. The average molecular weight is 320 g/mol. The SMILES string of the molecule is C[C@H](O)[C@H]1O[C@@H](n2cnc(=O)[nH]c2=O)C(F)(C#CCl)C1O. The summed E-state index contributed by atoms with van der Waals surface area (Å²) in [7, 11) is 0. The van der Waals surface area contributed by atoms with Crippen LogP contribution in [0.3, 0.4) is 0 Å². The van der Waals surface area contributed by atoms with Crippen molar-refractivity contribution in [3.05, 3.63) is 27.3 Å². The largest absolute Gasteiger partial charge is 0.391 e. The van der Waals surface area contributed by atoms with Gasteiger partial charge in [0.1, 0.15) is 18.5 Å². The third kappa shape index (κ3) is 2.58. The Hall–Kier alpha value is -1.73. The van der Waals surface area contributed by atoms with Crippen molar-refractivity contribution in [3.63, 3.8) is 0 Å². The third-order valence-electron chi connectivity index (χ3n) is 3.10. The molecule has 1 aromatic rings. The van der Waals surface area contributed by atoms with Gasteiger partial charge in [0.05, 0.1) is 6.10 Å². The summed E-state index contributed by atoms with van der Waals surface area (Å²) in [5.74, 6) is 1.93. The Labute approximate surface area is 122 Å². The molecule has 5 atom stereocenters. The van der Waals surface area contributed by atoms with Crippen LogP contribution in [0.25, 0.3) is 0 Å². The number of H-pyrrole nitrogens is 1. The van der Waals surface area contributed by atoms with E-state index in [1.165, 1.54) is 6.92 Å². The fraction of sp³-hybridized carbons (Fsp3) is 0.545. The zero-order valence-corrected chi connectivity index (χ0v) is 11.4. The molecular weight excluding hydrogens is 309 g/mol. The molecule has 21 heavy (non-hydrogen) atoms. The van der Waals surface area contributed by atoms with E-state index in [-0.39, 0.29) is 0 Å². The molecule has 10 heteroatoms. The molecule has 0 saturated carbocycles. The molecule has 1 aliphatic heterocycles. The van der Waals surface area contributed by atoms with E-state index in [0.717, 1.165) is 6.33 Å². The van der Waals surface area contributed by atoms with Gasteiger partial charge in [-0.1, -0.05) is 0 Å². The van der Waals surface area contributed by atoms with Crippen molar-refractivity contribution >= 4 is 11.6 Å². The minimum absolute atomic E-state index is 0.619. The number of rotatable bonds is 2. The van der Waals surface area contributed by atoms with Crippen LogP contribution in [0.2, 0.25) is 0 Å². The molecule has 0 radical (unpaired) electrons. The van der Waals surface area contributed by atoms with E-state index in [1.54, 1.807) is 5.38 Å². The van der Waals surface area contributed by atoms with Crippen LogP contribution in [0.15, 0.2) is 15.9 Å². The predicted octanol–water partition coefficient (Wildman–Crippen LogP) is -1.52. The number of aliphatic hydroxyl groups is 2. The highest BCUT2D eigenvalue weighted by atomic mass is 35.5. The van der Waals surface area contributed by atoms with Crippen molar-refractivity contribution in [2.75, 3.05) is 0 Å². The topological polar surface area (TPSA) is 117 Å². The normalized spacial score (nSPS) is 33.3. The maximum absolute atomic E-state index is 14.9. The van der Waals surface area contributed by atoms with Gasteiger partial charge in [-0.15, -0.1) is 0 Å². The molecule has 0 bridgehead atoms. The molecule has 1 fully saturated rings. The number of nitrogens with one attached hydrogen (secondary N) is 1. The summed E-state index contributed by atoms with van der Waals surface area (Å²) in [6.07, 6.45) is -5.39. The summed E-state index contributed by atoms with van der Waals surface area (Å²) in [4.78, 5) is 27.7. The number of nitrogens with zero attached hydrogens (tertiary/aromatic N) is 2. The summed E-state index contributed by atoms with van der Waals surface area (Å²) in [5.41, 5.74) is -4.68. The van der Waals surface area contributed by atoms with Crippen LogP contribution in [0.1, 0.15) is 13.2 Å². The smallest absolute Gasteiger partial charge is 0.350 e. The van der Waals surface area contributed by atoms with Crippen molar-refractivity contribution in [2.45, 2.75) is 37.1 Å². The third-order valence-corrected chi connectivity index (χ3v) is 3.20. The first-order valence-electron chi connectivity index (χ1n) is 5.82. The Morgan fingerprint density at radius 3 is 2.86 bits per heavy atom. The number of aliphatic hydroxyl groups excluding tert-OH is 2. The summed E-state index contributed by atoms with van der Waals surface area (Å²) >= 11 is 5.19. The Bertz CT molecular complexity index is 708. The highest BCUT2D eigenvalue weighted by Gasteiger charge is 2.59. The zero-order chi connectivity index (χ0) is 15.8. The standard InChI is InChI=1S/C11H11ClFN3O5/c1-5(17)6-7(18)11(13,2-3-12)8(21-6)16-4-14-9(19)15-10(16)20/h4-8,17-18H,1H3,(H,15,19,20)/t5-,6+,7?,8+,11?/m0/s1. The van der Waals surface area contributed by atoms with Crippen LogP contribution in [0.5, 0.6) is 0 Å². The van der Waals surface area contributed by atoms with E-state index in [2.05, 4.69) is 4.98 Å². The Morgan fingerprint density at radius 1 is 1.67 bits per heavy atom. The highest BCUT2D eigenvalue weighted by molar-refractivity contribution is 6.30. The average Bonchev–Trinajstić information content (AvgIpc) is 2.64. The Balaban J connectivity index is 2.56. The number of ether oxygens (including phenoxy) is 1. The Kier molecular flexibility index (Phi) is 4.15. The van der Waals surface area contributed by atoms with E-state index in [0.29, 0.717) is 4.57 Å². The molecule has 2 heterocycles. The Morgan fingerprint density at radius 2 is 2.33 bits per heavy atom. The fourth-order valence-electron chi connectivity index (χ4n) is 2.08. The number of hydrogen-bond donors (Lipinski definition) is 3. The quantitative estimate of drug-likeness (QED) is 0.570. The number of hydrogen-bond acceptors (Lipinski definition) is 6. The van der Waals surface area contributed by atoms with Gasteiger partial charge < -0.3 is 14.9 Å². The molecule has 0 amide bonds. The monoisotopic (exact) mass is 319 g/mol. The van der Waals surface area contributed by atoms with Crippen LogP contribution in [-0.4, -0.2) is 48.7 Å². The maximum atomic E-state index is 14.9. The molecule has 8 nitrogen and oxygen atoms in total. The highest BCUT2D eigenvalue weighted by Crippen LogP contribution is 2.41. The number of aromatic amines is 1. The molecule has 3 N–H and O–H groups in total. The van der Waals surface area contributed by atoms with Crippen molar-refractivity contribution in [1.29, 1.82) is 0 Å². The first kappa shape index (κ1) is 15.7. The van der Waals surface area contributed by atoms with Gasteiger partial charge in [-0.25, -0.2) is 14.0 Å². The lowest BCUT2D eigenvalue weighted by Gasteiger charge is -2.23. The summed E-state index contributed by atoms with van der Waals surface area (Å²) in [6, 6.07) is 0. The molecule has 1 saturated heterocycles. The summed E-state index contributed by atoms with van der Waals surface area (Å²) in [6.45, 7) is 1.28. The minimum Gasteiger partial charge on any atom is -0.391 e. The van der Waals surface area contributed by atoms with Crippen molar-refractivity contribution in [1.82, 2.24) is 14.5 Å². The van der Waals surface area contributed by atoms with Gasteiger partial charge in [0.25, 0.3) is 0 Å². The van der Waals surface area contributed by atoms with Crippen molar-refractivity contribution < 1.29 is 19.3 Å². The van der Waals surface area contributed by atoms with E-state index in [1.807, 2.05) is 10.9 Å². The van der Waals surface area contributed by atoms with E-state index >= 15 is 0 Å². The summed E-state index contributed by atoms with van der Waals surface area (Å²) < 4.78 is 20.7. The lowest BCUT2D eigenvalue weighted by Crippen LogP contribution is -2.46. The first-order chi connectivity index (χ1) is 9.81. The van der Waals surface area contributed by atoms with E-state index in [4.69, 9.17) is 16.3 Å². The predicted molar refractivity (Wildman–Crippen MR) is 68.2 cm³/mol. The number of halogens is 2. The van der Waals surface area contributed by atoms with Gasteiger partial charge in [-0.3, -0.25) is 9.55 Å². The lowest BCUT2D eigenvalue weighted by atomic mass is 9.95. The van der Waals surface area contributed by atoms with Crippen LogP contribution >= 0.6 is 11.6 Å². The van der Waals surface area contributed by atoms with Gasteiger partial charge in [0, 0.05) is 5.38 Å². The van der Waals surface area contributed by atoms with Crippen LogP contribution in [-0.2, 0) is 4.74 Å². The van der Waals surface area contributed by atoms with Gasteiger partial charge in [0.2, 0.25) is 5.67 Å². The molecule has 2 rings (SSSR count). The second-order valence-corrected chi connectivity index (χ2v) is 4.70. The molecule has 0 aliphatic carbocycles. The van der Waals surface area contributed by atoms with E-state index < -0.39 is 41.6 Å². The second-order valence-electron chi connectivity index (χ2n) is 4.51. The lowest BCUT2D eigenvalue weighted by molar-refractivity contribution is -0.0807. The molecule has 0 aromatic carbocycles. The molecular formula is C11H11ClFN3O5. The number of aromatic nitrogens is 3. The molecule has 2 unspecified atom stereocenters. The van der Waals surface area contributed by atoms with Crippen molar-refractivity contribution in [2.24, 2.45) is 0 Å². The van der Waals surface area contributed by atoms with Crippen LogP contribution in [0, 0.1) is 11.3 Å².